The summed E-state index contributed by atoms with van der Waals surface area (Å²) in [5.74, 6) is 0.782. The molecule has 1 N–H and O–H groups in total. The molecule has 3 heteroatoms. The van der Waals surface area contributed by atoms with Crippen molar-refractivity contribution in [3.8, 4) is 11.3 Å². The van der Waals surface area contributed by atoms with E-state index in [2.05, 4.69) is 10.3 Å². The van der Waals surface area contributed by atoms with E-state index < -0.39 is 0 Å². The van der Waals surface area contributed by atoms with Crippen LogP contribution >= 0.6 is 0 Å². The van der Waals surface area contributed by atoms with Crippen LogP contribution in [0.2, 0.25) is 0 Å². The highest BCUT2D eigenvalue weighted by Crippen LogP contribution is 2.21. The van der Waals surface area contributed by atoms with Gasteiger partial charge in [-0.1, -0.05) is 44.2 Å². The van der Waals surface area contributed by atoms with Crippen LogP contribution in [0.15, 0.2) is 40.9 Å². The largest absolute Gasteiger partial charge is 0.424 e. The highest BCUT2D eigenvalue weighted by molar-refractivity contribution is 5.56. The summed E-state index contributed by atoms with van der Waals surface area (Å²) in [4.78, 5) is 4.03. The molecule has 0 aliphatic carbocycles. The van der Waals surface area contributed by atoms with Crippen molar-refractivity contribution in [3.05, 3.63) is 36.5 Å². The van der Waals surface area contributed by atoms with E-state index in [9.17, 15) is 0 Å². The quantitative estimate of drug-likeness (QED) is 0.814. The molecule has 0 atom stereocenters. The van der Waals surface area contributed by atoms with Crippen LogP contribution in [-0.4, -0.2) is 12.0 Å². The second-order valence-corrected chi connectivity index (χ2v) is 2.65. The molecule has 0 unspecified atom stereocenters. The normalized spacial score (nSPS) is 9.00. The minimum absolute atomic E-state index is 0.541. The Bertz CT molecular complexity index is 382. The highest BCUT2D eigenvalue weighted by Gasteiger charge is 2.02. The lowest BCUT2D eigenvalue weighted by Gasteiger charge is -1.93. The molecule has 0 bridgehead atoms. The third-order valence-electron chi connectivity index (χ3n) is 1.78. The van der Waals surface area contributed by atoms with E-state index in [-0.39, 0.29) is 0 Å². The average molecular weight is 204 g/mol. The number of oxazole rings is 1. The standard InChI is InChI=1S/C10H10N2O.C2H6/c1-11-10-12-7-9(13-10)8-5-3-2-4-6-8;1-2/h2-7H,1H3,(H,11,12);1-2H3. The van der Waals surface area contributed by atoms with Crippen molar-refractivity contribution in [2.24, 2.45) is 0 Å². The molecule has 0 saturated carbocycles. The van der Waals surface area contributed by atoms with Crippen molar-refractivity contribution < 1.29 is 4.42 Å². The first-order valence-electron chi connectivity index (χ1n) is 5.09. The van der Waals surface area contributed by atoms with Crippen LogP contribution < -0.4 is 5.32 Å². The van der Waals surface area contributed by atoms with E-state index in [4.69, 9.17) is 4.42 Å². The van der Waals surface area contributed by atoms with E-state index in [0.29, 0.717) is 6.01 Å². The van der Waals surface area contributed by atoms with Crippen molar-refractivity contribution in [1.29, 1.82) is 0 Å². The van der Waals surface area contributed by atoms with Crippen molar-refractivity contribution in [1.82, 2.24) is 4.98 Å². The third-order valence-corrected chi connectivity index (χ3v) is 1.78. The van der Waals surface area contributed by atoms with E-state index in [1.807, 2.05) is 44.2 Å². The SMILES string of the molecule is CC.CNc1ncc(-c2ccccc2)o1. The lowest BCUT2D eigenvalue weighted by Crippen LogP contribution is -1.84. The first kappa shape index (κ1) is 11.3. The molecular formula is C12H16N2O. The van der Waals surface area contributed by atoms with Crippen molar-refractivity contribution >= 4 is 6.01 Å². The van der Waals surface area contributed by atoms with Gasteiger partial charge in [-0.2, -0.15) is 0 Å². The number of aromatic nitrogens is 1. The highest BCUT2D eigenvalue weighted by atomic mass is 16.4. The summed E-state index contributed by atoms with van der Waals surface area (Å²) in [6, 6.07) is 10.4. The Hall–Kier alpha value is -1.77. The second-order valence-electron chi connectivity index (χ2n) is 2.65. The van der Waals surface area contributed by atoms with Crippen LogP contribution in [0.1, 0.15) is 13.8 Å². The lowest BCUT2D eigenvalue weighted by molar-refractivity contribution is 0.589. The number of rotatable bonds is 2. The Balaban J connectivity index is 0.000000531. The van der Waals surface area contributed by atoms with Gasteiger partial charge in [0.25, 0.3) is 6.01 Å². The molecule has 15 heavy (non-hydrogen) atoms. The van der Waals surface area contributed by atoms with Gasteiger partial charge in [-0.25, -0.2) is 4.98 Å². The Morgan fingerprint density at radius 2 is 1.80 bits per heavy atom. The molecule has 1 aromatic carbocycles. The van der Waals surface area contributed by atoms with Gasteiger partial charge in [0.1, 0.15) is 0 Å². The lowest BCUT2D eigenvalue weighted by atomic mass is 10.2. The number of hydrogen-bond donors (Lipinski definition) is 1. The van der Waals surface area contributed by atoms with E-state index in [1.165, 1.54) is 0 Å². The Morgan fingerprint density at radius 3 is 2.33 bits per heavy atom. The van der Waals surface area contributed by atoms with Gasteiger partial charge in [0.2, 0.25) is 0 Å². The molecule has 80 valence electrons. The summed E-state index contributed by atoms with van der Waals surface area (Å²) in [5, 5.41) is 2.84. The van der Waals surface area contributed by atoms with Crippen molar-refractivity contribution in [3.63, 3.8) is 0 Å². The van der Waals surface area contributed by atoms with Gasteiger partial charge in [-0.15, -0.1) is 0 Å². The second kappa shape index (κ2) is 5.86. The van der Waals surface area contributed by atoms with Gasteiger partial charge < -0.3 is 9.73 Å². The minimum atomic E-state index is 0.541. The third kappa shape index (κ3) is 2.84. The first-order chi connectivity index (χ1) is 7.40. The molecule has 2 rings (SSSR count). The predicted octanol–water partition coefficient (Wildman–Crippen LogP) is 3.41. The maximum absolute atomic E-state index is 5.40. The summed E-state index contributed by atoms with van der Waals surface area (Å²) in [5.41, 5.74) is 1.04. The molecule has 0 saturated heterocycles. The van der Waals surface area contributed by atoms with Crippen LogP contribution in [0.3, 0.4) is 0 Å². The smallest absolute Gasteiger partial charge is 0.294 e. The van der Waals surface area contributed by atoms with Crippen LogP contribution in [-0.2, 0) is 0 Å². The summed E-state index contributed by atoms with van der Waals surface area (Å²) < 4.78 is 5.40. The molecule has 2 aromatic rings. The number of hydrogen-bond acceptors (Lipinski definition) is 3. The fourth-order valence-electron chi connectivity index (χ4n) is 1.13. The topological polar surface area (TPSA) is 38.1 Å². The van der Waals surface area contributed by atoms with Crippen LogP contribution in [0, 0.1) is 0 Å². The fourth-order valence-corrected chi connectivity index (χ4v) is 1.13. The van der Waals surface area contributed by atoms with E-state index in [1.54, 1.807) is 13.2 Å². The van der Waals surface area contributed by atoms with Gasteiger partial charge in [0.05, 0.1) is 6.20 Å². The molecule has 0 aliphatic heterocycles. The molecule has 0 amide bonds. The Labute approximate surface area is 90.2 Å². The summed E-state index contributed by atoms with van der Waals surface area (Å²) >= 11 is 0. The van der Waals surface area contributed by atoms with Gasteiger partial charge in [0.15, 0.2) is 5.76 Å². The molecule has 1 heterocycles. The van der Waals surface area contributed by atoms with E-state index in [0.717, 1.165) is 11.3 Å². The Morgan fingerprint density at radius 1 is 1.13 bits per heavy atom. The maximum atomic E-state index is 5.40. The summed E-state index contributed by atoms with van der Waals surface area (Å²) in [6.45, 7) is 4.00. The zero-order valence-corrected chi connectivity index (χ0v) is 9.32. The number of nitrogens with zero attached hydrogens (tertiary/aromatic N) is 1. The van der Waals surface area contributed by atoms with Crippen LogP contribution in [0.25, 0.3) is 11.3 Å². The van der Waals surface area contributed by atoms with Crippen LogP contribution in [0.4, 0.5) is 6.01 Å². The zero-order chi connectivity index (χ0) is 11.1. The minimum Gasteiger partial charge on any atom is -0.424 e. The molecule has 3 nitrogen and oxygen atoms in total. The predicted molar refractivity (Wildman–Crippen MR) is 62.8 cm³/mol. The first-order valence-corrected chi connectivity index (χ1v) is 5.09. The van der Waals surface area contributed by atoms with Gasteiger partial charge >= 0.3 is 0 Å². The maximum Gasteiger partial charge on any atom is 0.294 e. The molecule has 0 radical (unpaired) electrons. The molecular weight excluding hydrogens is 188 g/mol. The molecule has 0 fully saturated rings. The number of anilines is 1. The molecule has 0 aliphatic rings. The number of nitrogens with one attached hydrogen (secondary N) is 1. The average Bonchev–Trinajstić information content (AvgIpc) is 2.81. The zero-order valence-electron chi connectivity index (χ0n) is 9.32. The van der Waals surface area contributed by atoms with Gasteiger partial charge in [-0.05, 0) is 0 Å². The van der Waals surface area contributed by atoms with E-state index >= 15 is 0 Å². The summed E-state index contributed by atoms with van der Waals surface area (Å²) in [6.07, 6.45) is 1.71. The Kier molecular flexibility index (Phi) is 4.41. The summed E-state index contributed by atoms with van der Waals surface area (Å²) in [7, 11) is 1.78. The van der Waals surface area contributed by atoms with Crippen LogP contribution in [0.5, 0.6) is 0 Å². The van der Waals surface area contributed by atoms with Gasteiger partial charge in [0, 0.05) is 12.6 Å². The molecule has 0 spiro atoms. The van der Waals surface area contributed by atoms with Crippen molar-refractivity contribution in [2.45, 2.75) is 13.8 Å². The van der Waals surface area contributed by atoms with Gasteiger partial charge in [-0.3, -0.25) is 0 Å². The fraction of sp³-hybridized carbons (Fsp3) is 0.250. The van der Waals surface area contributed by atoms with Crippen molar-refractivity contribution in [2.75, 3.05) is 12.4 Å². The number of benzene rings is 1. The molecule has 1 aromatic heterocycles. The monoisotopic (exact) mass is 204 g/mol.